The first-order chi connectivity index (χ1) is 15.0. The highest BCUT2D eigenvalue weighted by Crippen LogP contribution is 2.20. The van der Waals surface area contributed by atoms with E-state index >= 15 is 0 Å². The number of benzene rings is 3. The van der Waals surface area contributed by atoms with E-state index in [1.54, 1.807) is 4.90 Å². The molecule has 0 aliphatic carbocycles. The quantitative estimate of drug-likeness (QED) is 0.556. The average molecular weight is 418 g/mol. The number of amides is 2. The molecule has 6 nitrogen and oxygen atoms in total. The van der Waals surface area contributed by atoms with Gasteiger partial charge in [-0.05, 0) is 34.9 Å². The van der Waals surface area contributed by atoms with Gasteiger partial charge in [0.25, 0.3) is 5.91 Å². The fraction of sp³-hybridized carbons (Fsp3) is 0.200. The lowest BCUT2D eigenvalue weighted by Crippen LogP contribution is -2.34. The van der Waals surface area contributed by atoms with Gasteiger partial charge in [-0.25, -0.2) is 0 Å². The van der Waals surface area contributed by atoms with E-state index in [2.05, 4.69) is 5.32 Å². The van der Waals surface area contributed by atoms with Crippen molar-refractivity contribution >= 4 is 17.5 Å². The van der Waals surface area contributed by atoms with E-state index in [4.69, 9.17) is 10.5 Å². The molecule has 160 valence electrons. The van der Waals surface area contributed by atoms with Crippen LogP contribution in [0.5, 0.6) is 5.75 Å². The van der Waals surface area contributed by atoms with Gasteiger partial charge in [0, 0.05) is 32.2 Å². The van der Waals surface area contributed by atoms with Gasteiger partial charge in [-0.3, -0.25) is 9.59 Å². The first kappa shape index (κ1) is 22.1. The van der Waals surface area contributed by atoms with E-state index in [1.807, 2.05) is 78.9 Å². The zero-order chi connectivity index (χ0) is 22.1. The largest absolute Gasteiger partial charge is 0.484 e. The van der Waals surface area contributed by atoms with E-state index in [9.17, 15) is 9.59 Å². The van der Waals surface area contributed by atoms with Crippen molar-refractivity contribution in [2.24, 2.45) is 5.73 Å². The Bertz CT molecular complexity index is 1020. The molecule has 31 heavy (non-hydrogen) atoms. The average Bonchev–Trinajstić information content (AvgIpc) is 2.78. The Kier molecular flexibility index (Phi) is 7.79. The normalized spacial score (nSPS) is 10.4. The number of nitrogens with one attached hydrogen (secondary N) is 1. The predicted molar refractivity (Wildman–Crippen MR) is 121 cm³/mol. The molecule has 0 unspecified atom stereocenters. The van der Waals surface area contributed by atoms with Crippen LogP contribution in [0.4, 0.5) is 5.69 Å². The summed E-state index contributed by atoms with van der Waals surface area (Å²) in [5, 5.41) is 2.83. The zero-order valence-electron chi connectivity index (χ0n) is 17.6. The SMILES string of the molecule is CC(=O)Nc1ccccc1CN(Cc1cccc(CN)c1)C(=O)COc1ccccc1. The minimum atomic E-state index is -0.159. The Morgan fingerprint density at radius 1 is 0.903 bits per heavy atom. The molecule has 0 aliphatic rings. The second-order valence-electron chi connectivity index (χ2n) is 7.21. The molecule has 0 aliphatic heterocycles. The number of nitrogens with two attached hydrogens (primary N) is 1. The maximum absolute atomic E-state index is 13.1. The summed E-state index contributed by atoms with van der Waals surface area (Å²) in [6, 6.07) is 24.6. The number of nitrogens with zero attached hydrogens (tertiary/aromatic N) is 1. The number of hydrogen-bond donors (Lipinski definition) is 2. The van der Waals surface area contributed by atoms with E-state index in [0.717, 1.165) is 16.7 Å². The fourth-order valence-corrected chi connectivity index (χ4v) is 3.24. The predicted octanol–water partition coefficient (Wildman–Crippen LogP) is 3.71. The number of carbonyl (C=O) groups excluding carboxylic acids is 2. The van der Waals surface area contributed by atoms with Crippen molar-refractivity contribution in [1.29, 1.82) is 0 Å². The second kappa shape index (κ2) is 10.9. The van der Waals surface area contributed by atoms with Crippen LogP contribution in [0.2, 0.25) is 0 Å². The van der Waals surface area contributed by atoms with Crippen LogP contribution in [-0.4, -0.2) is 23.3 Å². The van der Waals surface area contributed by atoms with Gasteiger partial charge in [-0.15, -0.1) is 0 Å². The maximum atomic E-state index is 13.1. The van der Waals surface area contributed by atoms with Gasteiger partial charge in [-0.1, -0.05) is 60.7 Å². The lowest BCUT2D eigenvalue weighted by atomic mass is 10.1. The van der Waals surface area contributed by atoms with Crippen molar-refractivity contribution in [2.45, 2.75) is 26.6 Å². The Morgan fingerprint density at radius 3 is 2.35 bits per heavy atom. The minimum Gasteiger partial charge on any atom is -0.484 e. The summed E-state index contributed by atoms with van der Waals surface area (Å²) >= 11 is 0. The van der Waals surface area contributed by atoms with Crippen molar-refractivity contribution in [3.63, 3.8) is 0 Å². The fourth-order valence-electron chi connectivity index (χ4n) is 3.24. The lowest BCUT2D eigenvalue weighted by Gasteiger charge is -2.24. The highest BCUT2D eigenvalue weighted by atomic mass is 16.5. The molecule has 0 fully saturated rings. The molecule has 2 amide bonds. The molecule has 3 rings (SSSR count). The topological polar surface area (TPSA) is 84.7 Å². The number of ether oxygens (including phenoxy) is 1. The molecule has 6 heteroatoms. The van der Waals surface area contributed by atoms with Crippen LogP contribution in [0.25, 0.3) is 0 Å². The Balaban J connectivity index is 1.81. The third-order valence-corrected chi connectivity index (χ3v) is 4.75. The Labute approximate surface area is 182 Å². The number of carbonyl (C=O) groups is 2. The van der Waals surface area contributed by atoms with Crippen molar-refractivity contribution in [3.8, 4) is 5.75 Å². The van der Waals surface area contributed by atoms with Gasteiger partial charge in [0.05, 0.1) is 0 Å². The molecule has 0 spiro atoms. The summed E-state index contributed by atoms with van der Waals surface area (Å²) < 4.78 is 5.68. The van der Waals surface area contributed by atoms with Crippen molar-refractivity contribution in [3.05, 3.63) is 95.6 Å². The molecule has 0 aromatic heterocycles. The molecule has 0 saturated carbocycles. The molecule has 0 atom stereocenters. The third kappa shape index (κ3) is 6.69. The lowest BCUT2D eigenvalue weighted by molar-refractivity contribution is -0.134. The van der Waals surface area contributed by atoms with Crippen molar-refractivity contribution in [2.75, 3.05) is 11.9 Å². The monoisotopic (exact) mass is 417 g/mol. The summed E-state index contributed by atoms with van der Waals surface area (Å²) in [7, 11) is 0. The van der Waals surface area contributed by atoms with Crippen LogP contribution in [0.15, 0.2) is 78.9 Å². The van der Waals surface area contributed by atoms with Gasteiger partial charge >= 0.3 is 0 Å². The molecule has 3 N–H and O–H groups in total. The van der Waals surface area contributed by atoms with Gasteiger partial charge in [0.2, 0.25) is 5.91 Å². The van der Waals surface area contributed by atoms with E-state index in [-0.39, 0.29) is 18.4 Å². The molecule has 0 radical (unpaired) electrons. The Morgan fingerprint density at radius 2 is 1.61 bits per heavy atom. The summed E-state index contributed by atoms with van der Waals surface area (Å²) in [5.41, 5.74) is 9.29. The van der Waals surface area contributed by atoms with Crippen LogP contribution < -0.4 is 15.8 Å². The number of para-hydroxylation sites is 2. The number of anilines is 1. The summed E-state index contributed by atoms with van der Waals surface area (Å²) in [6.45, 7) is 2.55. The smallest absolute Gasteiger partial charge is 0.261 e. The molecule has 0 heterocycles. The molecule has 0 bridgehead atoms. The van der Waals surface area contributed by atoms with Crippen LogP contribution in [0.1, 0.15) is 23.6 Å². The van der Waals surface area contributed by atoms with E-state index in [0.29, 0.717) is 31.1 Å². The highest BCUT2D eigenvalue weighted by Gasteiger charge is 2.17. The third-order valence-electron chi connectivity index (χ3n) is 4.75. The van der Waals surface area contributed by atoms with Gasteiger partial charge in [0.1, 0.15) is 5.75 Å². The van der Waals surface area contributed by atoms with Crippen LogP contribution in [0, 0.1) is 0 Å². The summed E-state index contributed by atoms with van der Waals surface area (Å²) in [6.07, 6.45) is 0. The molecule has 3 aromatic rings. The van der Waals surface area contributed by atoms with Crippen LogP contribution in [-0.2, 0) is 29.2 Å². The van der Waals surface area contributed by atoms with Crippen molar-refractivity contribution in [1.82, 2.24) is 4.90 Å². The van der Waals surface area contributed by atoms with Gasteiger partial charge < -0.3 is 20.7 Å². The van der Waals surface area contributed by atoms with E-state index in [1.165, 1.54) is 6.92 Å². The minimum absolute atomic E-state index is 0.0805. The summed E-state index contributed by atoms with van der Waals surface area (Å²) in [4.78, 5) is 26.4. The van der Waals surface area contributed by atoms with Crippen molar-refractivity contribution < 1.29 is 14.3 Å². The molecular weight excluding hydrogens is 390 g/mol. The summed E-state index contributed by atoms with van der Waals surface area (Å²) in [5.74, 6) is 0.326. The highest BCUT2D eigenvalue weighted by molar-refractivity contribution is 5.89. The molecular formula is C25H27N3O3. The van der Waals surface area contributed by atoms with E-state index < -0.39 is 0 Å². The van der Waals surface area contributed by atoms with Gasteiger partial charge in [-0.2, -0.15) is 0 Å². The standard InChI is InChI=1S/C25H27N3O3/c1-19(29)27-24-13-6-5-10-22(24)17-28(16-21-9-7-8-20(14-21)15-26)25(30)18-31-23-11-3-2-4-12-23/h2-14H,15-18,26H2,1H3,(H,27,29). The zero-order valence-corrected chi connectivity index (χ0v) is 17.6. The maximum Gasteiger partial charge on any atom is 0.261 e. The first-order valence-corrected chi connectivity index (χ1v) is 10.1. The number of hydrogen-bond acceptors (Lipinski definition) is 4. The Hall–Kier alpha value is -3.64. The van der Waals surface area contributed by atoms with Crippen LogP contribution >= 0.6 is 0 Å². The molecule has 0 saturated heterocycles. The first-order valence-electron chi connectivity index (χ1n) is 10.1. The molecule has 3 aromatic carbocycles. The second-order valence-corrected chi connectivity index (χ2v) is 7.21. The van der Waals surface area contributed by atoms with Crippen LogP contribution in [0.3, 0.4) is 0 Å². The van der Waals surface area contributed by atoms with Gasteiger partial charge in [0.15, 0.2) is 6.61 Å². The number of rotatable bonds is 9.